The van der Waals surface area contributed by atoms with E-state index in [1.165, 1.54) is 5.56 Å². The van der Waals surface area contributed by atoms with Gasteiger partial charge in [-0.25, -0.2) is 0 Å². The number of rotatable bonds is 6. The van der Waals surface area contributed by atoms with Crippen molar-refractivity contribution < 1.29 is 9.84 Å². The summed E-state index contributed by atoms with van der Waals surface area (Å²) >= 11 is 0. The molecule has 1 aromatic rings. The van der Waals surface area contributed by atoms with Crippen LogP contribution in [0.2, 0.25) is 0 Å². The van der Waals surface area contributed by atoms with Gasteiger partial charge in [0.25, 0.3) is 0 Å². The normalized spacial score (nSPS) is 16.3. The molecular formula is C15H24O2. The summed E-state index contributed by atoms with van der Waals surface area (Å²) in [7, 11) is 0. The van der Waals surface area contributed by atoms with Crippen molar-refractivity contribution in [1.29, 1.82) is 0 Å². The minimum Gasteiger partial charge on any atom is -0.488 e. The quantitative estimate of drug-likeness (QED) is 0.815. The highest BCUT2D eigenvalue weighted by Crippen LogP contribution is 2.22. The molecule has 0 saturated carbocycles. The molecule has 3 unspecified atom stereocenters. The second-order valence-electron chi connectivity index (χ2n) is 4.68. The van der Waals surface area contributed by atoms with E-state index in [1.807, 2.05) is 26.0 Å². The van der Waals surface area contributed by atoms with Crippen LogP contribution in [-0.4, -0.2) is 17.3 Å². The maximum atomic E-state index is 9.64. The third-order valence-electron chi connectivity index (χ3n) is 3.34. The first kappa shape index (κ1) is 14.0. The second-order valence-corrected chi connectivity index (χ2v) is 4.68. The number of hydrogen-bond acceptors (Lipinski definition) is 2. The fourth-order valence-electron chi connectivity index (χ4n) is 1.74. The lowest BCUT2D eigenvalue weighted by molar-refractivity contribution is 0.0451. The third kappa shape index (κ3) is 4.04. The zero-order valence-corrected chi connectivity index (χ0v) is 11.3. The van der Waals surface area contributed by atoms with Gasteiger partial charge in [0.15, 0.2) is 0 Å². The first-order valence-electron chi connectivity index (χ1n) is 6.53. The molecule has 3 atom stereocenters. The van der Waals surface area contributed by atoms with Crippen LogP contribution in [0.15, 0.2) is 24.3 Å². The number of aliphatic hydroxyl groups is 1. The highest BCUT2D eigenvalue weighted by atomic mass is 16.5. The SMILES string of the molecule is CCC(C)c1ccc(OC(C)C(O)CC)cc1. The molecule has 0 aliphatic rings. The standard InChI is InChI=1S/C15H24O2/c1-5-11(3)13-7-9-14(10-8-13)17-12(4)15(16)6-2/h7-12,15-16H,5-6H2,1-4H3. The van der Waals surface area contributed by atoms with E-state index < -0.39 is 6.10 Å². The average Bonchev–Trinajstić information content (AvgIpc) is 2.37. The molecule has 0 bridgehead atoms. The van der Waals surface area contributed by atoms with Gasteiger partial charge in [-0.05, 0) is 43.4 Å². The average molecular weight is 236 g/mol. The van der Waals surface area contributed by atoms with Crippen molar-refractivity contribution in [3.63, 3.8) is 0 Å². The summed E-state index contributed by atoms with van der Waals surface area (Å²) in [6.07, 6.45) is 1.30. The van der Waals surface area contributed by atoms with Crippen LogP contribution < -0.4 is 4.74 Å². The molecule has 1 aromatic carbocycles. The number of aliphatic hydroxyl groups excluding tert-OH is 1. The van der Waals surface area contributed by atoms with E-state index in [4.69, 9.17) is 4.74 Å². The minimum absolute atomic E-state index is 0.158. The van der Waals surface area contributed by atoms with Crippen LogP contribution >= 0.6 is 0 Å². The summed E-state index contributed by atoms with van der Waals surface area (Å²) in [5.74, 6) is 1.42. The number of hydrogen-bond donors (Lipinski definition) is 1. The molecule has 0 saturated heterocycles. The molecule has 0 amide bonds. The summed E-state index contributed by atoms with van der Waals surface area (Å²) in [5.41, 5.74) is 1.34. The van der Waals surface area contributed by atoms with Gasteiger partial charge in [-0.15, -0.1) is 0 Å². The Morgan fingerprint density at radius 3 is 2.12 bits per heavy atom. The van der Waals surface area contributed by atoms with Gasteiger partial charge in [-0.1, -0.05) is 32.9 Å². The van der Waals surface area contributed by atoms with Gasteiger partial charge >= 0.3 is 0 Å². The lowest BCUT2D eigenvalue weighted by atomic mass is 9.99. The molecule has 1 N–H and O–H groups in total. The van der Waals surface area contributed by atoms with Crippen molar-refractivity contribution in [3.8, 4) is 5.75 Å². The smallest absolute Gasteiger partial charge is 0.122 e. The predicted octanol–water partition coefficient (Wildman–Crippen LogP) is 3.74. The molecule has 0 radical (unpaired) electrons. The second kappa shape index (κ2) is 6.65. The van der Waals surface area contributed by atoms with Gasteiger partial charge in [-0.3, -0.25) is 0 Å². The molecule has 0 aromatic heterocycles. The van der Waals surface area contributed by atoms with Crippen molar-refractivity contribution in [2.24, 2.45) is 0 Å². The van der Waals surface area contributed by atoms with Crippen LogP contribution in [0.3, 0.4) is 0 Å². The Kier molecular flexibility index (Phi) is 5.49. The van der Waals surface area contributed by atoms with Crippen LogP contribution in [0.5, 0.6) is 5.75 Å². The predicted molar refractivity (Wildman–Crippen MR) is 71.5 cm³/mol. The molecule has 17 heavy (non-hydrogen) atoms. The largest absolute Gasteiger partial charge is 0.488 e. The first-order chi connectivity index (χ1) is 8.08. The highest BCUT2D eigenvalue weighted by molar-refractivity contribution is 5.29. The molecule has 0 heterocycles. The van der Waals surface area contributed by atoms with E-state index in [2.05, 4.69) is 26.0 Å². The minimum atomic E-state index is -0.399. The van der Waals surface area contributed by atoms with Crippen LogP contribution in [-0.2, 0) is 0 Å². The van der Waals surface area contributed by atoms with Crippen molar-refractivity contribution in [2.45, 2.75) is 58.7 Å². The van der Waals surface area contributed by atoms with E-state index in [0.717, 1.165) is 12.2 Å². The van der Waals surface area contributed by atoms with Crippen molar-refractivity contribution in [1.82, 2.24) is 0 Å². The summed E-state index contributed by atoms with van der Waals surface area (Å²) in [6, 6.07) is 8.18. The lowest BCUT2D eigenvalue weighted by Crippen LogP contribution is -2.27. The molecular weight excluding hydrogens is 212 g/mol. The van der Waals surface area contributed by atoms with Crippen LogP contribution in [0.1, 0.15) is 52.0 Å². The van der Waals surface area contributed by atoms with Crippen LogP contribution in [0, 0.1) is 0 Å². The van der Waals surface area contributed by atoms with Gasteiger partial charge in [0, 0.05) is 0 Å². The van der Waals surface area contributed by atoms with E-state index in [9.17, 15) is 5.11 Å². The fourth-order valence-corrected chi connectivity index (χ4v) is 1.74. The van der Waals surface area contributed by atoms with Crippen molar-refractivity contribution in [3.05, 3.63) is 29.8 Å². The highest BCUT2D eigenvalue weighted by Gasteiger charge is 2.13. The Labute approximate surface area is 105 Å². The maximum Gasteiger partial charge on any atom is 0.122 e. The molecule has 0 aliphatic carbocycles. The van der Waals surface area contributed by atoms with E-state index in [1.54, 1.807) is 0 Å². The van der Waals surface area contributed by atoms with E-state index in [0.29, 0.717) is 12.3 Å². The van der Waals surface area contributed by atoms with E-state index >= 15 is 0 Å². The monoisotopic (exact) mass is 236 g/mol. The molecule has 0 aliphatic heterocycles. The molecule has 2 heteroatoms. The van der Waals surface area contributed by atoms with Gasteiger partial charge in [0.1, 0.15) is 11.9 Å². The molecule has 0 spiro atoms. The summed E-state index contributed by atoms with van der Waals surface area (Å²) in [4.78, 5) is 0. The Morgan fingerprint density at radius 1 is 1.06 bits per heavy atom. The fraction of sp³-hybridized carbons (Fsp3) is 0.600. The van der Waals surface area contributed by atoms with Crippen molar-refractivity contribution in [2.75, 3.05) is 0 Å². The Morgan fingerprint density at radius 2 is 1.65 bits per heavy atom. The Bertz CT molecular complexity index is 318. The zero-order chi connectivity index (χ0) is 12.8. The number of ether oxygens (including phenoxy) is 1. The third-order valence-corrected chi connectivity index (χ3v) is 3.34. The lowest BCUT2D eigenvalue weighted by Gasteiger charge is -2.19. The maximum absolute atomic E-state index is 9.64. The summed E-state index contributed by atoms with van der Waals surface area (Å²) < 4.78 is 5.69. The van der Waals surface area contributed by atoms with Gasteiger partial charge in [-0.2, -0.15) is 0 Å². The first-order valence-corrected chi connectivity index (χ1v) is 6.53. The summed E-state index contributed by atoms with van der Waals surface area (Å²) in [5, 5.41) is 9.64. The van der Waals surface area contributed by atoms with Gasteiger partial charge in [0.05, 0.1) is 6.10 Å². The molecule has 96 valence electrons. The van der Waals surface area contributed by atoms with Crippen LogP contribution in [0.25, 0.3) is 0 Å². The Balaban J connectivity index is 2.62. The van der Waals surface area contributed by atoms with Gasteiger partial charge < -0.3 is 9.84 Å². The van der Waals surface area contributed by atoms with E-state index in [-0.39, 0.29) is 6.10 Å². The van der Waals surface area contributed by atoms with Crippen LogP contribution in [0.4, 0.5) is 0 Å². The molecule has 0 fully saturated rings. The number of benzene rings is 1. The zero-order valence-electron chi connectivity index (χ0n) is 11.3. The van der Waals surface area contributed by atoms with Crippen molar-refractivity contribution >= 4 is 0 Å². The topological polar surface area (TPSA) is 29.5 Å². The summed E-state index contributed by atoms with van der Waals surface area (Å²) in [6.45, 7) is 8.27. The molecule has 1 rings (SSSR count). The Hall–Kier alpha value is -1.02. The molecule has 2 nitrogen and oxygen atoms in total. The van der Waals surface area contributed by atoms with Gasteiger partial charge in [0.2, 0.25) is 0 Å².